The molecule has 1 rings (SSSR count). The number of methoxy groups -OCH3 is 2. The molecule has 1 aromatic carbocycles. The molecule has 0 aromatic heterocycles. The third-order valence-electron chi connectivity index (χ3n) is 3.75. The fourth-order valence-corrected chi connectivity index (χ4v) is 2.31. The van der Waals surface area contributed by atoms with E-state index >= 15 is 0 Å². The van der Waals surface area contributed by atoms with Crippen LogP contribution in [0.2, 0.25) is 0 Å². The lowest BCUT2D eigenvalue weighted by atomic mass is 9.97. The molecule has 0 spiro atoms. The average Bonchev–Trinajstić information content (AvgIpc) is 2.48. The number of Topliss-reactive ketones (excluding diaryl/α,β-unsaturated/α-hetero) is 1. The van der Waals surface area contributed by atoms with Crippen LogP contribution in [0.4, 0.5) is 0 Å². The monoisotopic (exact) mass is 293 g/mol. The normalized spacial score (nSPS) is 12.7. The molecule has 4 heteroatoms. The molecule has 0 radical (unpaired) electrons. The third-order valence-corrected chi connectivity index (χ3v) is 3.75. The molecule has 0 aliphatic carbocycles. The maximum absolute atomic E-state index is 12.8. The second kappa shape index (κ2) is 8.93. The van der Waals surface area contributed by atoms with E-state index in [0.29, 0.717) is 13.2 Å². The fourth-order valence-electron chi connectivity index (χ4n) is 2.31. The lowest BCUT2D eigenvalue weighted by Gasteiger charge is -2.28. The van der Waals surface area contributed by atoms with Crippen molar-refractivity contribution in [2.45, 2.75) is 26.8 Å². The first kappa shape index (κ1) is 17.8. The zero-order valence-corrected chi connectivity index (χ0v) is 13.8. The molecule has 0 amide bonds. The summed E-state index contributed by atoms with van der Waals surface area (Å²) in [5.74, 6) is 0.156. The van der Waals surface area contributed by atoms with Gasteiger partial charge in [-0.15, -0.1) is 0 Å². The Hall–Kier alpha value is -1.23. The number of nitrogens with zero attached hydrogens (tertiary/aromatic N) is 1. The number of carbonyl (C=O) groups is 1. The quantitative estimate of drug-likeness (QED) is 0.656. The molecule has 21 heavy (non-hydrogen) atoms. The maximum Gasteiger partial charge on any atom is 0.179 e. The molecule has 4 nitrogen and oxygen atoms in total. The Morgan fingerprint density at radius 2 is 1.71 bits per heavy atom. The summed E-state index contributed by atoms with van der Waals surface area (Å²) in [5.41, 5.74) is 2.94. The van der Waals surface area contributed by atoms with Gasteiger partial charge in [0.05, 0.1) is 19.3 Å². The van der Waals surface area contributed by atoms with E-state index in [1.54, 1.807) is 14.2 Å². The summed E-state index contributed by atoms with van der Waals surface area (Å²) in [5, 5.41) is 0. The van der Waals surface area contributed by atoms with Gasteiger partial charge in [-0.1, -0.05) is 17.7 Å². The second-order valence-electron chi connectivity index (χ2n) is 5.38. The van der Waals surface area contributed by atoms with E-state index in [9.17, 15) is 4.79 Å². The summed E-state index contributed by atoms with van der Waals surface area (Å²) in [4.78, 5) is 14.9. The Kier molecular flexibility index (Phi) is 7.57. The number of ketones is 1. The van der Waals surface area contributed by atoms with Crippen LogP contribution in [0, 0.1) is 13.8 Å². The highest BCUT2D eigenvalue weighted by Crippen LogP contribution is 2.15. The molecule has 1 aromatic rings. The second-order valence-corrected chi connectivity index (χ2v) is 5.38. The lowest BCUT2D eigenvalue weighted by molar-refractivity contribution is 0.0686. The zero-order chi connectivity index (χ0) is 15.8. The predicted molar refractivity (Wildman–Crippen MR) is 85.0 cm³/mol. The van der Waals surface area contributed by atoms with E-state index in [0.717, 1.165) is 29.8 Å². The molecule has 0 fully saturated rings. The summed E-state index contributed by atoms with van der Waals surface area (Å²) in [6, 6.07) is 5.82. The van der Waals surface area contributed by atoms with Crippen LogP contribution in [0.3, 0.4) is 0 Å². The van der Waals surface area contributed by atoms with Gasteiger partial charge in [0.1, 0.15) is 0 Å². The molecular weight excluding hydrogens is 266 g/mol. The summed E-state index contributed by atoms with van der Waals surface area (Å²) < 4.78 is 10.3. The van der Waals surface area contributed by atoms with Gasteiger partial charge < -0.3 is 9.47 Å². The number of ether oxygens (including phenoxy) is 2. The van der Waals surface area contributed by atoms with Crippen molar-refractivity contribution in [2.24, 2.45) is 0 Å². The van der Waals surface area contributed by atoms with E-state index < -0.39 is 0 Å². The van der Waals surface area contributed by atoms with Crippen molar-refractivity contribution in [1.82, 2.24) is 4.90 Å². The molecule has 0 N–H and O–H groups in total. The van der Waals surface area contributed by atoms with Crippen molar-refractivity contribution in [2.75, 3.05) is 40.5 Å². The van der Waals surface area contributed by atoms with Gasteiger partial charge in [-0.3, -0.25) is 9.69 Å². The largest absolute Gasteiger partial charge is 0.383 e. The molecule has 0 bridgehead atoms. The standard InChI is InChI=1S/C17H27NO3/c1-13-6-7-14(2)16(12-13)17(19)15(3)18(8-10-20-4)9-11-21-5/h6-7,12,15H,8-11H2,1-5H3. The highest BCUT2D eigenvalue weighted by molar-refractivity contribution is 6.01. The van der Waals surface area contributed by atoms with Gasteiger partial charge in [0.2, 0.25) is 0 Å². The molecule has 0 heterocycles. The first-order valence-electron chi connectivity index (χ1n) is 7.34. The third kappa shape index (κ3) is 5.23. The Morgan fingerprint density at radius 1 is 1.14 bits per heavy atom. The van der Waals surface area contributed by atoms with Crippen LogP contribution in [0.5, 0.6) is 0 Å². The predicted octanol–water partition coefficient (Wildman–Crippen LogP) is 2.47. The van der Waals surface area contributed by atoms with Crippen molar-refractivity contribution in [1.29, 1.82) is 0 Å². The van der Waals surface area contributed by atoms with Gasteiger partial charge in [-0.05, 0) is 32.4 Å². The van der Waals surface area contributed by atoms with Gasteiger partial charge in [-0.2, -0.15) is 0 Å². The lowest BCUT2D eigenvalue weighted by Crippen LogP contribution is -2.43. The smallest absolute Gasteiger partial charge is 0.179 e. The minimum Gasteiger partial charge on any atom is -0.383 e. The highest BCUT2D eigenvalue weighted by atomic mass is 16.5. The van der Waals surface area contributed by atoms with E-state index in [4.69, 9.17) is 9.47 Å². The minimum atomic E-state index is -0.184. The van der Waals surface area contributed by atoms with E-state index in [1.807, 2.05) is 39.0 Å². The molecule has 0 aliphatic rings. The van der Waals surface area contributed by atoms with Crippen molar-refractivity contribution in [3.05, 3.63) is 34.9 Å². The summed E-state index contributed by atoms with van der Waals surface area (Å²) in [7, 11) is 3.34. The van der Waals surface area contributed by atoms with Crippen molar-refractivity contribution >= 4 is 5.78 Å². The zero-order valence-electron chi connectivity index (χ0n) is 13.8. The SMILES string of the molecule is COCCN(CCOC)C(C)C(=O)c1cc(C)ccc1C. The average molecular weight is 293 g/mol. The fraction of sp³-hybridized carbons (Fsp3) is 0.588. The molecule has 0 saturated carbocycles. The van der Waals surface area contributed by atoms with Crippen LogP contribution < -0.4 is 0 Å². The Bertz CT molecular complexity index is 451. The number of hydrogen-bond donors (Lipinski definition) is 0. The van der Waals surface area contributed by atoms with Crippen LogP contribution in [0.15, 0.2) is 18.2 Å². The summed E-state index contributed by atoms with van der Waals surface area (Å²) in [6.07, 6.45) is 0. The van der Waals surface area contributed by atoms with Gasteiger partial charge in [0, 0.05) is 32.9 Å². The van der Waals surface area contributed by atoms with Crippen LogP contribution in [-0.4, -0.2) is 57.2 Å². The number of aryl methyl sites for hydroxylation is 2. The summed E-state index contributed by atoms with van der Waals surface area (Å²) in [6.45, 7) is 8.59. The Labute approximate surface area is 128 Å². The minimum absolute atomic E-state index is 0.156. The highest BCUT2D eigenvalue weighted by Gasteiger charge is 2.23. The number of rotatable bonds is 9. The van der Waals surface area contributed by atoms with Crippen LogP contribution >= 0.6 is 0 Å². The molecule has 0 aliphatic heterocycles. The Morgan fingerprint density at radius 3 is 2.24 bits per heavy atom. The first-order valence-corrected chi connectivity index (χ1v) is 7.34. The molecule has 0 saturated heterocycles. The number of carbonyl (C=O) groups excluding carboxylic acids is 1. The summed E-state index contributed by atoms with van der Waals surface area (Å²) >= 11 is 0. The van der Waals surface area contributed by atoms with Crippen molar-refractivity contribution in [3.8, 4) is 0 Å². The first-order chi connectivity index (χ1) is 10.0. The van der Waals surface area contributed by atoms with Crippen LogP contribution in [-0.2, 0) is 9.47 Å². The molecule has 1 unspecified atom stereocenters. The van der Waals surface area contributed by atoms with Gasteiger partial charge in [-0.25, -0.2) is 0 Å². The van der Waals surface area contributed by atoms with E-state index in [1.165, 1.54) is 0 Å². The number of benzene rings is 1. The van der Waals surface area contributed by atoms with Gasteiger partial charge >= 0.3 is 0 Å². The van der Waals surface area contributed by atoms with Crippen LogP contribution in [0.1, 0.15) is 28.4 Å². The molecular formula is C17H27NO3. The van der Waals surface area contributed by atoms with Crippen LogP contribution in [0.25, 0.3) is 0 Å². The number of hydrogen-bond acceptors (Lipinski definition) is 4. The van der Waals surface area contributed by atoms with Gasteiger partial charge in [0.25, 0.3) is 0 Å². The van der Waals surface area contributed by atoms with Crippen molar-refractivity contribution < 1.29 is 14.3 Å². The van der Waals surface area contributed by atoms with E-state index in [2.05, 4.69) is 4.90 Å². The Balaban J connectivity index is 2.87. The maximum atomic E-state index is 12.8. The van der Waals surface area contributed by atoms with Gasteiger partial charge in [0.15, 0.2) is 5.78 Å². The topological polar surface area (TPSA) is 38.8 Å². The molecule has 1 atom stereocenters. The van der Waals surface area contributed by atoms with E-state index in [-0.39, 0.29) is 11.8 Å². The van der Waals surface area contributed by atoms with Crippen molar-refractivity contribution in [3.63, 3.8) is 0 Å². The molecule has 118 valence electrons.